The SMILES string of the molecule is CN1CC(N=O)c2c(ccn2CCCCN2CCC(C(=O)c3ccc(F)cc3)CC2)S1. The van der Waals surface area contributed by atoms with Gasteiger partial charge in [-0.15, -0.1) is 0 Å². The predicted octanol–water partition coefficient (Wildman–Crippen LogP) is 4.76. The van der Waals surface area contributed by atoms with E-state index in [0.29, 0.717) is 12.1 Å². The second-order valence-electron chi connectivity index (χ2n) is 8.48. The molecule has 2 aliphatic rings. The van der Waals surface area contributed by atoms with Crippen LogP contribution in [0, 0.1) is 16.6 Å². The van der Waals surface area contributed by atoms with Gasteiger partial charge in [-0.3, -0.25) is 4.79 Å². The molecule has 8 heteroatoms. The number of hydrogen-bond acceptors (Lipinski definition) is 6. The van der Waals surface area contributed by atoms with Crippen molar-refractivity contribution in [3.05, 3.63) is 58.5 Å². The molecule has 1 atom stereocenters. The molecule has 1 fully saturated rings. The van der Waals surface area contributed by atoms with Gasteiger partial charge in [0.2, 0.25) is 0 Å². The van der Waals surface area contributed by atoms with Crippen LogP contribution in [0.1, 0.15) is 47.8 Å². The Morgan fingerprint density at radius 2 is 1.84 bits per heavy atom. The van der Waals surface area contributed by atoms with Crippen LogP contribution in [0.15, 0.2) is 46.6 Å². The number of benzene rings is 1. The summed E-state index contributed by atoms with van der Waals surface area (Å²) in [5.74, 6) is -0.133. The van der Waals surface area contributed by atoms with Crippen LogP contribution in [0.4, 0.5) is 4.39 Å². The molecule has 3 heterocycles. The Balaban J connectivity index is 1.20. The van der Waals surface area contributed by atoms with Crippen LogP contribution >= 0.6 is 11.9 Å². The molecule has 0 bridgehead atoms. The van der Waals surface area contributed by atoms with Crippen LogP contribution in [0.25, 0.3) is 0 Å². The standard InChI is InChI=1S/C23H29FN4O2S/c1-26-16-20(25-30)22-21(31-26)10-15-28(22)12-3-2-11-27-13-8-18(9-14-27)23(29)17-4-6-19(24)7-5-17/h4-7,10,15,18,20H,2-3,8-9,11-14,16H2,1H3. The van der Waals surface area contributed by atoms with E-state index in [-0.39, 0.29) is 23.6 Å². The Hall–Kier alpha value is -2.03. The number of hydrogen-bond donors (Lipinski definition) is 0. The lowest BCUT2D eigenvalue weighted by Crippen LogP contribution is -2.37. The summed E-state index contributed by atoms with van der Waals surface area (Å²) in [4.78, 5) is 27.5. The number of aryl methyl sites for hydroxylation is 1. The fraction of sp³-hybridized carbons (Fsp3) is 0.522. The number of aromatic nitrogens is 1. The summed E-state index contributed by atoms with van der Waals surface area (Å²) in [6, 6.07) is 7.67. The second-order valence-corrected chi connectivity index (χ2v) is 9.72. The average Bonchev–Trinajstić information content (AvgIpc) is 3.19. The first-order chi connectivity index (χ1) is 15.0. The summed E-state index contributed by atoms with van der Waals surface area (Å²) >= 11 is 1.67. The molecule has 4 rings (SSSR count). The quantitative estimate of drug-likeness (QED) is 0.254. The summed E-state index contributed by atoms with van der Waals surface area (Å²) in [5, 5.41) is 3.34. The van der Waals surface area contributed by atoms with Gasteiger partial charge in [-0.2, -0.15) is 4.91 Å². The second kappa shape index (κ2) is 10.1. The van der Waals surface area contributed by atoms with Crippen molar-refractivity contribution in [2.45, 2.75) is 43.2 Å². The molecule has 1 aromatic heterocycles. The van der Waals surface area contributed by atoms with Crippen LogP contribution in [-0.4, -0.2) is 52.8 Å². The van der Waals surface area contributed by atoms with E-state index < -0.39 is 0 Å². The predicted molar refractivity (Wildman–Crippen MR) is 121 cm³/mol. The van der Waals surface area contributed by atoms with Gasteiger partial charge in [0.1, 0.15) is 11.9 Å². The van der Waals surface area contributed by atoms with E-state index in [0.717, 1.165) is 62.5 Å². The van der Waals surface area contributed by atoms with E-state index in [1.165, 1.54) is 12.1 Å². The first kappa shape index (κ1) is 22.2. The number of halogens is 1. The first-order valence-corrected chi connectivity index (χ1v) is 11.7. The van der Waals surface area contributed by atoms with Crippen LogP contribution < -0.4 is 0 Å². The van der Waals surface area contributed by atoms with Crippen molar-refractivity contribution < 1.29 is 9.18 Å². The Morgan fingerprint density at radius 3 is 2.55 bits per heavy atom. The molecule has 31 heavy (non-hydrogen) atoms. The maximum Gasteiger partial charge on any atom is 0.166 e. The molecule has 2 aromatic rings. The van der Waals surface area contributed by atoms with Crippen molar-refractivity contribution in [2.75, 3.05) is 33.2 Å². The van der Waals surface area contributed by atoms with Gasteiger partial charge in [0.15, 0.2) is 5.78 Å². The highest BCUT2D eigenvalue weighted by Crippen LogP contribution is 2.38. The number of piperidine rings is 1. The number of carbonyl (C=O) groups is 1. The van der Waals surface area contributed by atoms with Crippen molar-refractivity contribution in [3.63, 3.8) is 0 Å². The highest BCUT2D eigenvalue weighted by Gasteiger charge is 2.29. The minimum Gasteiger partial charge on any atom is -0.348 e. The van der Waals surface area contributed by atoms with E-state index in [2.05, 4.69) is 31.2 Å². The number of likely N-dealkylation sites (N-methyl/N-ethyl adjacent to an activating group) is 1. The normalized spacial score (nSPS) is 20.5. The Labute approximate surface area is 186 Å². The maximum absolute atomic E-state index is 13.1. The van der Waals surface area contributed by atoms with Gasteiger partial charge >= 0.3 is 0 Å². The number of carbonyl (C=O) groups excluding carboxylic acids is 1. The van der Waals surface area contributed by atoms with Gasteiger partial charge in [-0.25, -0.2) is 8.70 Å². The third-order valence-corrected chi connectivity index (χ3v) is 7.31. The zero-order valence-electron chi connectivity index (χ0n) is 17.9. The topological polar surface area (TPSA) is 57.9 Å². The Kier molecular flexibility index (Phi) is 7.20. The monoisotopic (exact) mass is 444 g/mol. The lowest BCUT2D eigenvalue weighted by Gasteiger charge is -2.31. The molecule has 0 amide bonds. The lowest BCUT2D eigenvalue weighted by atomic mass is 9.89. The van der Waals surface area contributed by atoms with Gasteiger partial charge in [0.25, 0.3) is 0 Å². The molecule has 1 aromatic carbocycles. The molecule has 0 aliphatic carbocycles. The van der Waals surface area contributed by atoms with Gasteiger partial charge in [-0.05, 0) is 94.6 Å². The van der Waals surface area contributed by atoms with Crippen LogP contribution in [0.3, 0.4) is 0 Å². The number of rotatable bonds is 8. The van der Waals surface area contributed by atoms with Crippen molar-refractivity contribution in [2.24, 2.45) is 11.1 Å². The van der Waals surface area contributed by atoms with Crippen molar-refractivity contribution in [3.8, 4) is 0 Å². The minimum atomic E-state index is -0.309. The molecular weight excluding hydrogens is 415 g/mol. The average molecular weight is 445 g/mol. The number of ketones is 1. The number of fused-ring (bicyclic) bond motifs is 1. The molecule has 6 nitrogen and oxygen atoms in total. The number of Topliss-reactive ketones (excluding diaryl/α,β-unsaturated/α-hetero) is 1. The molecule has 1 unspecified atom stereocenters. The van der Waals surface area contributed by atoms with Gasteiger partial charge < -0.3 is 9.47 Å². The first-order valence-electron chi connectivity index (χ1n) is 11.0. The van der Waals surface area contributed by atoms with E-state index in [4.69, 9.17) is 0 Å². The minimum absolute atomic E-state index is 0.0384. The van der Waals surface area contributed by atoms with Crippen LogP contribution in [0.2, 0.25) is 0 Å². The van der Waals surface area contributed by atoms with E-state index in [1.54, 1.807) is 24.1 Å². The third kappa shape index (κ3) is 5.25. The summed E-state index contributed by atoms with van der Waals surface area (Å²) in [6.45, 7) is 4.42. The maximum atomic E-state index is 13.1. The van der Waals surface area contributed by atoms with Gasteiger partial charge in [0.05, 0.1) is 5.69 Å². The molecule has 0 N–H and O–H groups in total. The van der Waals surface area contributed by atoms with Crippen molar-refractivity contribution in [1.82, 2.24) is 13.8 Å². The summed E-state index contributed by atoms with van der Waals surface area (Å²) in [7, 11) is 1.99. The Bertz CT molecular complexity index is 909. The highest BCUT2D eigenvalue weighted by molar-refractivity contribution is 7.97. The highest BCUT2D eigenvalue weighted by atomic mass is 32.2. The van der Waals surface area contributed by atoms with Gasteiger partial charge in [-0.1, -0.05) is 5.18 Å². The van der Waals surface area contributed by atoms with Crippen LogP contribution in [0.5, 0.6) is 0 Å². The summed E-state index contributed by atoms with van der Waals surface area (Å²) in [5.41, 5.74) is 1.67. The fourth-order valence-corrected chi connectivity index (χ4v) is 5.62. The zero-order chi connectivity index (χ0) is 21.8. The molecule has 0 saturated carbocycles. The molecule has 1 saturated heterocycles. The molecule has 0 spiro atoms. The smallest absolute Gasteiger partial charge is 0.166 e. The number of likely N-dealkylation sites (tertiary alicyclic amines) is 1. The Morgan fingerprint density at radius 1 is 1.13 bits per heavy atom. The third-order valence-electron chi connectivity index (χ3n) is 6.31. The molecular formula is C23H29FN4O2S. The van der Waals surface area contributed by atoms with E-state index in [1.807, 2.05) is 7.05 Å². The lowest BCUT2D eigenvalue weighted by molar-refractivity contribution is 0.0838. The summed E-state index contributed by atoms with van der Waals surface area (Å²) < 4.78 is 17.3. The largest absolute Gasteiger partial charge is 0.348 e. The van der Waals surface area contributed by atoms with E-state index in [9.17, 15) is 14.1 Å². The molecule has 166 valence electrons. The number of nitroso groups, excluding NO2 is 1. The van der Waals surface area contributed by atoms with Crippen molar-refractivity contribution >= 4 is 17.7 Å². The fourth-order valence-electron chi connectivity index (χ4n) is 4.60. The molecule has 0 radical (unpaired) electrons. The molecule has 2 aliphatic heterocycles. The number of unbranched alkanes of at least 4 members (excludes halogenated alkanes) is 1. The van der Waals surface area contributed by atoms with E-state index >= 15 is 0 Å². The number of nitrogens with zero attached hydrogens (tertiary/aromatic N) is 4. The zero-order valence-corrected chi connectivity index (χ0v) is 18.7. The van der Waals surface area contributed by atoms with Gasteiger partial charge in [0, 0.05) is 35.7 Å². The van der Waals surface area contributed by atoms with Crippen LogP contribution in [-0.2, 0) is 6.54 Å². The summed E-state index contributed by atoms with van der Waals surface area (Å²) in [6.07, 6.45) is 5.91. The van der Waals surface area contributed by atoms with Crippen molar-refractivity contribution in [1.29, 1.82) is 0 Å².